The molecule has 1 aliphatic carbocycles. The number of unbranched alkanes of at least 4 members (excludes halogenated alkanes) is 1. The van der Waals surface area contributed by atoms with Gasteiger partial charge in [-0.2, -0.15) is 0 Å². The summed E-state index contributed by atoms with van der Waals surface area (Å²) in [5, 5.41) is 0. The minimum absolute atomic E-state index is 0.836. The number of rotatable bonds is 5. The molecule has 0 aliphatic heterocycles. The Labute approximate surface area is 92.5 Å². The molecule has 0 unspecified atom stereocenters. The molecule has 0 spiro atoms. The molecule has 1 aromatic carbocycles. The molecule has 2 atom stereocenters. The molecule has 0 bridgehead atoms. The zero-order chi connectivity index (χ0) is 10.7. The normalized spacial score (nSPS) is 23.9. The van der Waals surface area contributed by atoms with Crippen LogP contribution in [-0.2, 0) is 0 Å². The summed E-state index contributed by atoms with van der Waals surface area (Å²) in [6, 6.07) is 8.58. The fraction of sp³-hybridized carbons (Fsp3) is 0.571. The predicted molar refractivity (Wildman–Crippen MR) is 63.4 cm³/mol. The van der Waals surface area contributed by atoms with Gasteiger partial charge in [0.15, 0.2) is 0 Å². The van der Waals surface area contributed by atoms with Crippen LogP contribution in [0.15, 0.2) is 24.3 Å². The summed E-state index contributed by atoms with van der Waals surface area (Å²) in [4.78, 5) is 0. The van der Waals surface area contributed by atoms with E-state index in [9.17, 15) is 0 Å². The van der Waals surface area contributed by atoms with E-state index in [1.54, 1.807) is 7.11 Å². The maximum atomic E-state index is 5.16. The van der Waals surface area contributed by atoms with Gasteiger partial charge in [-0.05, 0) is 42.4 Å². The van der Waals surface area contributed by atoms with Crippen molar-refractivity contribution in [2.24, 2.45) is 5.92 Å². The van der Waals surface area contributed by atoms with Crippen molar-refractivity contribution < 1.29 is 4.74 Å². The Morgan fingerprint density at radius 1 is 1.27 bits per heavy atom. The molecular weight excluding hydrogens is 184 g/mol. The molecule has 1 saturated carbocycles. The Hall–Kier alpha value is -0.980. The first kappa shape index (κ1) is 10.5. The van der Waals surface area contributed by atoms with Gasteiger partial charge in [0.2, 0.25) is 0 Å². The second kappa shape index (κ2) is 4.69. The van der Waals surface area contributed by atoms with Gasteiger partial charge in [0.25, 0.3) is 0 Å². The molecule has 1 aromatic rings. The van der Waals surface area contributed by atoms with Crippen LogP contribution in [0.3, 0.4) is 0 Å². The van der Waals surface area contributed by atoms with E-state index in [-0.39, 0.29) is 0 Å². The Morgan fingerprint density at radius 3 is 2.60 bits per heavy atom. The molecule has 1 heteroatoms. The van der Waals surface area contributed by atoms with Crippen molar-refractivity contribution in [1.29, 1.82) is 0 Å². The van der Waals surface area contributed by atoms with E-state index in [4.69, 9.17) is 4.74 Å². The smallest absolute Gasteiger partial charge is 0.118 e. The second-order valence-electron chi connectivity index (χ2n) is 4.52. The fourth-order valence-electron chi connectivity index (χ4n) is 2.29. The largest absolute Gasteiger partial charge is 0.497 e. The van der Waals surface area contributed by atoms with Gasteiger partial charge in [0.1, 0.15) is 5.75 Å². The van der Waals surface area contributed by atoms with E-state index in [1.807, 2.05) is 0 Å². The fourth-order valence-corrected chi connectivity index (χ4v) is 2.29. The maximum absolute atomic E-state index is 5.16. The quantitative estimate of drug-likeness (QED) is 0.704. The van der Waals surface area contributed by atoms with Crippen molar-refractivity contribution in [3.63, 3.8) is 0 Å². The van der Waals surface area contributed by atoms with Crippen LogP contribution in [0.4, 0.5) is 0 Å². The molecule has 15 heavy (non-hydrogen) atoms. The van der Waals surface area contributed by atoms with Crippen LogP contribution < -0.4 is 4.74 Å². The van der Waals surface area contributed by atoms with Crippen molar-refractivity contribution in [3.8, 4) is 5.75 Å². The standard InChI is InChI=1S/C14H20O/c1-3-4-5-12-10-14(12)11-6-8-13(15-2)9-7-11/h6-9,12,14H,3-5,10H2,1-2H3/t12-,14+/m1/s1. The van der Waals surface area contributed by atoms with Gasteiger partial charge in [-0.25, -0.2) is 0 Å². The molecular formula is C14H20O. The highest BCUT2D eigenvalue weighted by Gasteiger charge is 2.37. The molecule has 0 amide bonds. The Morgan fingerprint density at radius 2 is 2.00 bits per heavy atom. The summed E-state index contributed by atoms with van der Waals surface area (Å²) in [6.07, 6.45) is 5.52. The van der Waals surface area contributed by atoms with Crippen molar-refractivity contribution in [2.45, 2.75) is 38.5 Å². The average molecular weight is 204 g/mol. The maximum Gasteiger partial charge on any atom is 0.118 e. The molecule has 1 nitrogen and oxygen atoms in total. The van der Waals surface area contributed by atoms with Crippen LogP contribution in [0.5, 0.6) is 5.75 Å². The summed E-state index contributed by atoms with van der Waals surface area (Å²) >= 11 is 0. The minimum Gasteiger partial charge on any atom is -0.497 e. The van der Waals surface area contributed by atoms with Gasteiger partial charge in [-0.15, -0.1) is 0 Å². The average Bonchev–Trinajstić information content (AvgIpc) is 3.06. The molecule has 0 radical (unpaired) electrons. The summed E-state index contributed by atoms with van der Waals surface area (Å²) in [6.45, 7) is 2.27. The van der Waals surface area contributed by atoms with Gasteiger partial charge in [-0.1, -0.05) is 31.9 Å². The number of hydrogen-bond acceptors (Lipinski definition) is 1. The highest BCUT2D eigenvalue weighted by Crippen LogP contribution is 2.50. The van der Waals surface area contributed by atoms with E-state index in [0.29, 0.717) is 0 Å². The summed E-state index contributed by atoms with van der Waals surface area (Å²) in [5.41, 5.74) is 1.50. The molecule has 2 rings (SSSR count). The van der Waals surface area contributed by atoms with Crippen LogP contribution in [-0.4, -0.2) is 7.11 Å². The third-order valence-electron chi connectivity index (χ3n) is 3.40. The zero-order valence-corrected chi connectivity index (χ0v) is 9.70. The van der Waals surface area contributed by atoms with Crippen LogP contribution in [0.1, 0.15) is 44.1 Å². The monoisotopic (exact) mass is 204 g/mol. The van der Waals surface area contributed by atoms with E-state index in [1.165, 1.54) is 31.2 Å². The summed E-state index contributed by atoms with van der Waals surface area (Å²) in [7, 11) is 1.72. The van der Waals surface area contributed by atoms with E-state index >= 15 is 0 Å². The Balaban J connectivity index is 1.89. The molecule has 82 valence electrons. The lowest BCUT2D eigenvalue weighted by atomic mass is 10.1. The van der Waals surface area contributed by atoms with E-state index in [0.717, 1.165) is 17.6 Å². The van der Waals surface area contributed by atoms with Crippen molar-refractivity contribution in [1.82, 2.24) is 0 Å². The lowest BCUT2D eigenvalue weighted by Gasteiger charge is -2.02. The van der Waals surface area contributed by atoms with Crippen LogP contribution in [0.25, 0.3) is 0 Å². The first-order chi connectivity index (χ1) is 7.35. The summed E-state index contributed by atoms with van der Waals surface area (Å²) < 4.78 is 5.16. The summed E-state index contributed by atoms with van der Waals surface area (Å²) in [5.74, 6) is 2.75. The van der Waals surface area contributed by atoms with E-state index < -0.39 is 0 Å². The van der Waals surface area contributed by atoms with Crippen LogP contribution in [0.2, 0.25) is 0 Å². The predicted octanol–water partition coefficient (Wildman–Crippen LogP) is 3.99. The number of ether oxygens (including phenoxy) is 1. The third-order valence-corrected chi connectivity index (χ3v) is 3.40. The highest BCUT2D eigenvalue weighted by molar-refractivity contribution is 5.32. The van der Waals surface area contributed by atoms with Crippen LogP contribution in [0, 0.1) is 5.92 Å². The lowest BCUT2D eigenvalue weighted by Crippen LogP contribution is -1.86. The third kappa shape index (κ3) is 2.53. The first-order valence-corrected chi connectivity index (χ1v) is 5.99. The molecule has 0 aromatic heterocycles. The van der Waals surface area contributed by atoms with Gasteiger partial charge in [0, 0.05) is 0 Å². The van der Waals surface area contributed by atoms with Crippen LogP contribution >= 0.6 is 0 Å². The number of benzene rings is 1. The van der Waals surface area contributed by atoms with Gasteiger partial charge < -0.3 is 4.74 Å². The van der Waals surface area contributed by atoms with Gasteiger partial charge in [-0.3, -0.25) is 0 Å². The number of hydrogen-bond donors (Lipinski definition) is 0. The second-order valence-corrected chi connectivity index (χ2v) is 4.52. The molecule has 0 heterocycles. The highest BCUT2D eigenvalue weighted by atomic mass is 16.5. The topological polar surface area (TPSA) is 9.23 Å². The first-order valence-electron chi connectivity index (χ1n) is 5.99. The van der Waals surface area contributed by atoms with Crippen molar-refractivity contribution in [3.05, 3.63) is 29.8 Å². The van der Waals surface area contributed by atoms with Gasteiger partial charge >= 0.3 is 0 Å². The molecule has 1 aliphatic rings. The van der Waals surface area contributed by atoms with Gasteiger partial charge in [0.05, 0.1) is 7.11 Å². The molecule has 0 saturated heterocycles. The Bertz CT molecular complexity index is 302. The Kier molecular flexibility index (Phi) is 3.30. The number of methoxy groups -OCH3 is 1. The van der Waals surface area contributed by atoms with Crippen molar-refractivity contribution in [2.75, 3.05) is 7.11 Å². The zero-order valence-electron chi connectivity index (χ0n) is 9.70. The molecule has 0 N–H and O–H groups in total. The van der Waals surface area contributed by atoms with E-state index in [2.05, 4.69) is 31.2 Å². The minimum atomic E-state index is 0.836. The SMILES string of the molecule is CCCC[C@@H]1C[C@H]1c1ccc(OC)cc1. The molecule has 1 fully saturated rings. The lowest BCUT2D eigenvalue weighted by molar-refractivity contribution is 0.414. The van der Waals surface area contributed by atoms with Crippen molar-refractivity contribution >= 4 is 0 Å².